The molecule has 1 amide bonds. The second-order valence-electron chi connectivity index (χ2n) is 6.93. The van der Waals surface area contributed by atoms with Crippen LogP contribution in [0.4, 0.5) is 0 Å². The van der Waals surface area contributed by atoms with E-state index in [1.165, 1.54) is 6.92 Å². The Morgan fingerprint density at radius 3 is 2.35 bits per heavy atom. The summed E-state index contributed by atoms with van der Waals surface area (Å²) in [4.78, 5) is 15.5. The predicted octanol–water partition coefficient (Wildman–Crippen LogP) is 2.89. The lowest BCUT2D eigenvalue weighted by Crippen LogP contribution is -2.23. The lowest BCUT2D eigenvalue weighted by Gasteiger charge is -2.08. The van der Waals surface area contributed by atoms with Gasteiger partial charge in [0, 0.05) is 18.9 Å². The first-order chi connectivity index (χ1) is 14.7. The Kier molecular flexibility index (Phi) is 6.91. The smallest absolute Gasteiger partial charge is 0.306 e. The van der Waals surface area contributed by atoms with Crippen molar-refractivity contribution in [3.05, 3.63) is 60.0 Å². The highest BCUT2D eigenvalue weighted by molar-refractivity contribution is 7.86. The zero-order valence-corrected chi connectivity index (χ0v) is 18.2. The molecule has 31 heavy (non-hydrogen) atoms. The number of rotatable bonds is 9. The van der Waals surface area contributed by atoms with Gasteiger partial charge in [-0.2, -0.15) is 13.4 Å². The summed E-state index contributed by atoms with van der Waals surface area (Å²) in [7, 11) is -3.53. The van der Waals surface area contributed by atoms with E-state index in [-0.39, 0.29) is 17.7 Å². The third-order valence-corrected chi connectivity index (χ3v) is 4.67. The molecular weight excluding hydrogens is 422 g/mol. The molecule has 0 aliphatic heterocycles. The van der Waals surface area contributed by atoms with Gasteiger partial charge in [-0.25, -0.2) is 0 Å². The highest BCUT2D eigenvalue weighted by Gasteiger charge is 2.16. The number of hydrogen-bond donors (Lipinski definition) is 1. The van der Waals surface area contributed by atoms with Crippen molar-refractivity contribution in [1.29, 1.82) is 0 Å². The molecule has 1 N–H and O–H groups in total. The molecule has 1 heterocycles. The lowest BCUT2D eigenvalue weighted by molar-refractivity contribution is -0.119. The van der Waals surface area contributed by atoms with Crippen molar-refractivity contribution >= 4 is 16.0 Å². The number of ether oxygens (including phenoxy) is 1. The molecule has 164 valence electrons. The second-order valence-corrected chi connectivity index (χ2v) is 8.51. The zero-order valence-electron chi connectivity index (χ0n) is 17.4. The van der Waals surface area contributed by atoms with Gasteiger partial charge in [-0.1, -0.05) is 17.3 Å². The number of amides is 1. The van der Waals surface area contributed by atoms with Crippen LogP contribution < -0.4 is 14.2 Å². The summed E-state index contributed by atoms with van der Waals surface area (Å²) in [6, 6.07) is 13.7. The Labute approximate surface area is 180 Å². The lowest BCUT2D eigenvalue weighted by atomic mass is 10.1. The molecule has 0 aliphatic carbocycles. The fourth-order valence-electron chi connectivity index (χ4n) is 2.77. The summed E-state index contributed by atoms with van der Waals surface area (Å²) in [5.41, 5.74) is 1.75. The molecule has 0 fully saturated rings. The Morgan fingerprint density at radius 2 is 1.74 bits per heavy atom. The molecular formula is C21H23N3O6S. The van der Waals surface area contributed by atoms with E-state index in [0.717, 1.165) is 17.4 Å². The van der Waals surface area contributed by atoms with Crippen molar-refractivity contribution in [2.45, 2.75) is 26.3 Å². The van der Waals surface area contributed by atoms with E-state index >= 15 is 0 Å². The Balaban J connectivity index is 1.52. The van der Waals surface area contributed by atoms with Crippen molar-refractivity contribution in [3.8, 4) is 22.9 Å². The minimum atomic E-state index is -3.53. The van der Waals surface area contributed by atoms with Gasteiger partial charge in [-0.15, -0.1) is 0 Å². The van der Waals surface area contributed by atoms with Gasteiger partial charge in [0.05, 0.1) is 12.9 Å². The van der Waals surface area contributed by atoms with E-state index in [1.807, 2.05) is 24.3 Å². The Morgan fingerprint density at radius 1 is 1.10 bits per heavy atom. The van der Waals surface area contributed by atoms with Crippen LogP contribution in [0.15, 0.2) is 53.1 Å². The SMILES string of the molecule is CC(=O)N[C@@H](C)c1nc(-c2ccc(OCCc3ccc(OS(C)(=O)=O)cc3)cc2)no1. The van der Waals surface area contributed by atoms with E-state index in [9.17, 15) is 13.2 Å². The summed E-state index contributed by atoms with van der Waals surface area (Å²) < 4.78 is 38.0. The molecule has 10 heteroatoms. The highest BCUT2D eigenvalue weighted by atomic mass is 32.2. The maximum absolute atomic E-state index is 11.1. The Hall–Kier alpha value is -3.40. The molecule has 0 aliphatic rings. The minimum Gasteiger partial charge on any atom is -0.493 e. The number of benzene rings is 2. The summed E-state index contributed by atoms with van der Waals surface area (Å²) >= 11 is 0. The van der Waals surface area contributed by atoms with Crippen molar-refractivity contribution in [2.24, 2.45) is 0 Å². The maximum atomic E-state index is 11.1. The number of nitrogens with zero attached hydrogens (tertiary/aromatic N) is 2. The van der Waals surface area contributed by atoms with Crippen LogP contribution in [0, 0.1) is 0 Å². The zero-order chi connectivity index (χ0) is 22.4. The van der Waals surface area contributed by atoms with Gasteiger partial charge in [-0.3, -0.25) is 4.79 Å². The number of aromatic nitrogens is 2. The molecule has 0 radical (unpaired) electrons. The number of carbonyl (C=O) groups is 1. The summed E-state index contributed by atoms with van der Waals surface area (Å²) in [5.74, 6) is 1.55. The molecule has 0 saturated carbocycles. The van der Waals surface area contributed by atoms with E-state index in [4.69, 9.17) is 13.4 Å². The van der Waals surface area contributed by atoms with E-state index < -0.39 is 10.1 Å². The molecule has 3 aromatic rings. The van der Waals surface area contributed by atoms with Gasteiger partial charge in [0.1, 0.15) is 17.5 Å². The molecule has 9 nitrogen and oxygen atoms in total. The second kappa shape index (κ2) is 9.61. The average Bonchev–Trinajstić information content (AvgIpc) is 3.19. The first kappa shape index (κ1) is 22.3. The van der Waals surface area contributed by atoms with Gasteiger partial charge in [0.25, 0.3) is 0 Å². The molecule has 1 atom stereocenters. The van der Waals surface area contributed by atoms with Crippen LogP contribution in [0.3, 0.4) is 0 Å². The van der Waals surface area contributed by atoms with Gasteiger partial charge >= 0.3 is 10.1 Å². The van der Waals surface area contributed by atoms with Crippen LogP contribution in [0.2, 0.25) is 0 Å². The average molecular weight is 445 g/mol. The fourth-order valence-corrected chi connectivity index (χ4v) is 3.23. The van der Waals surface area contributed by atoms with Crippen LogP contribution in [0.25, 0.3) is 11.4 Å². The Bertz CT molecular complexity index is 1120. The van der Waals surface area contributed by atoms with Crippen LogP contribution in [0.5, 0.6) is 11.5 Å². The molecule has 3 rings (SSSR count). The summed E-state index contributed by atoms with van der Waals surface area (Å²) in [6.45, 7) is 3.64. The molecule has 0 spiro atoms. The number of carbonyl (C=O) groups excluding carboxylic acids is 1. The predicted molar refractivity (Wildman–Crippen MR) is 113 cm³/mol. The van der Waals surface area contributed by atoms with E-state index in [0.29, 0.717) is 30.5 Å². The molecule has 1 aromatic heterocycles. The normalized spacial score (nSPS) is 12.2. The molecule has 0 bridgehead atoms. The van der Waals surface area contributed by atoms with E-state index in [1.54, 1.807) is 31.2 Å². The monoisotopic (exact) mass is 445 g/mol. The first-order valence-corrected chi connectivity index (χ1v) is 11.3. The quantitative estimate of drug-likeness (QED) is 0.499. The van der Waals surface area contributed by atoms with Gasteiger partial charge in [0.2, 0.25) is 17.6 Å². The van der Waals surface area contributed by atoms with E-state index in [2.05, 4.69) is 15.5 Å². The summed E-state index contributed by atoms with van der Waals surface area (Å²) in [5, 5.41) is 6.64. The van der Waals surface area contributed by atoms with Crippen molar-refractivity contribution < 1.29 is 26.7 Å². The van der Waals surface area contributed by atoms with Crippen molar-refractivity contribution in [1.82, 2.24) is 15.5 Å². The van der Waals surface area contributed by atoms with Crippen molar-refractivity contribution in [2.75, 3.05) is 12.9 Å². The number of hydrogen-bond acceptors (Lipinski definition) is 8. The molecule has 0 unspecified atom stereocenters. The van der Waals surface area contributed by atoms with Gasteiger partial charge in [-0.05, 0) is 48.9 Å². The number of nitrogens with one attached hydrogen (secondary N) is 1. The first-order valence-electron chi connectivity index (χ1n) is 9.52. The van der Waals surface area contributed by atoms with Gasteiger partial charge in [0.15, 0.2) is 0 Å². The molecule has 0 saturated heterocycles. The van der Waals surface area contributed by atoms with Crippen LogP contribution in [-0.2, 0) is 21.3 Å². The van der Waals surface area contributed by atoms with Gasteiger partial charge < -0.3 is 18.8 Å². The third kappa shape index (κ3) is 6.82. The topological polar surface area (TPSA) is 121 Å². The minimum absolute atomic E-state index is 0.174. The highest BCUT2D eigenvalue weighted by Crippen LogP contribution is 2.22. The van der Waals surface area contributed by atoms with Crippen LogP contribution >= 0.6 is 0 Å². The third-order valence-electron chi connectivity index (χ3n) is 4.17. The maximum Gasteiger partial charge on any atom is 0.306 e. The standard InChI is InChI=1S/C21H23N3O6S/c1-14(22-15(2)25)21-23-20(24-29-21)17-6-10-18(11-7-17)28-13-12-16-4-8-19(9-5-16)30-31(3,26)27/h4-11,14H,12-13H2,1-3H3,(H,22,25)/t14-/m0/s1. The van der Waals surface area contributed by atoms with Crippen LogP contribution in [-0.4, -0.2) is 37.3 Å². The largest absolute Gasteiger partial charge is 0.493 e. The fraction of sp³-hybridized carbons (Fsp3) is 0.286. The molecule has 2 aromatic carbocycles. The summed E-state index contributed by atoms with van der Waals surface area (Å²) in [6.07, 6.45) is 1.65. The van der Waals surface area contributed by atoms with Crippen LogP contribution in [0.1, 0.15) is 31.3 Å². The van der Waals surface area contributed by atoms with Crippen molar-refractivity contribution in [3.63, 3.8) is 0 Å².